The number of benzene rings is 1. The molecule has 0 radical (unpaired) electrons. The van der Waals surface area contributed by atoms with E-state index in [1.165, 1.54) is 12.8 Å². The topological polar surface area (TPSA) is 77.5 Å². The number of thiazole rings is 1. The number of urea groups is 1. The molecule has 1 saturated carbocycles. The third kappa shape index (κ3) is 3.66. The van der Waals surface area contributed by atoms with Gasteiger partial charge in [0.05, 0.1) is 22.9 Å². The first-order valence-corrected chi connectivity index (χ1v) is 11.9. The van der Waals surface area contributed by atoms with Crippen molar-refractivity contribution in [3.63, 3.8) is 0 Å². The first-order chi connectivity index (χ1) is 15.5. The molecular weight excluding hydrogens is 422 g/mol. The van der Waals surface area contributed by atoms with Crippen LogP contribution in [0.4, 0.5) is 27.9 Å². The van der Waals surface area contributed by atoms with Crippen molar-refractivity contribution in [3.8, 4) is 11.3 Å². The number of hydrogen-bond acceptors (Lipinski definition) is 7. The monoisotopic (exact) mass is 449 g/mol. The van der Waals surface area contributed by atoms with Crippen molar-refractivity contribution >= 4 is 40.5 Å². The normalized spacial score (nSPS) is 16.6. The van der Waals surface area contributed by atoms with Gasteiger partial charge in [0.2, 0.25) is 5.95 Å². The molecule has 3 aromatic rings. The second-order valence-electron chi connectivity index (χ2n) is 8.20. The average Bonchev–Trinajstić information content (AvgIpc) is 3.48. The average molecular weight is 450 g/mol. The second-order valence-corrected chi connectivity index (χ2v) is 9.26. The van der Waals surface area contributed by atoms with Crippen molar-refractivity contribution < 1.29 is 4.79 Å². The van der Waals surface area contributed by atoms with Gasteiger partial charge in [-0.15, -0.1) is 11.3 Å². The zero-order chi connectivity index (χ0) is 22.2. The zero-order valence-electron chi connectivity index (χ0n) is 18.6. The number of carbonyl (C=O) groups excluding carboxylic acids is 1. The third-order valence-electron chi connectivity index (χ3n) is 6.10. The van der Waals surface area contributed by atoms with Gasteiger partial charge in [-0.05, 0) is 38.8 Å². The summed E-state index contributed by atoms with van der Waals surface area (Å²) in [5.74, 6) is 1.29. The Morgan fingerprint density at radius 1 is 1.22 bits per heavy atom. The zero-order valence-corrected chi connectivity index (χ0v) is 19.4. The standard InChI is InChI=1S/C23H27N7OS/c1-4-29-23(31)28(3)20-13-24-22(27-21(20)30(29)18-10-5-6-11-18)26-17-9-7-8-16(12-17)19-14-32-15(2)25-19/h7-9,12-14,18H,4-6,10-11H2,1-3H3,(H,24,26,27). The SMILES string of the molecule is CCN1C(=O)N(C)c2cnc(Nc3cccc(-c4csc(C)n4)c3)nc2N1C1CCCC1. The third-order valence-corrected chi connectivity index (χ3v) is 6.87. The Bertz CT molecular complexity index is 1140. The van der Waals surface area contributed by atoms with Crippen LogP contribution in [-0.2, 0) is 0 Å². The molecule has 0 bridgehead atoms. The van der Waals surface area contributed by atoms with Crippen molar-refractivity contribution in [2.75, 3.05) is 28.8 Å². The molecule has 9 heteroatoms. The highest BCUT2D eigenvalue weighted by Crippen LogP contribution is 2.39. The molecule has 2 amide bonds. The van der Waals surface area contributed by atoms with Crippen molar-refractivity contribution in [2.24, 2.45) is 0 Å². The second kappa shape index (κ2) is 8.38. The van der Waals surface area contributed by atoms with Crippen LogP contribution in [0.3, 0.4) is 0 Å². The van der Waals surface area contributed by atoms with Crippen molar-refractivity contribution in [2.45, 2.75) is 45.6 Å². The summed E-state index contributed by atoms with van der Waals surface area (Å²) >= 11 is 1.64. The Morgan fingerprint density at radius 2 is 2.03 bits per heavy atom. The first kappa shape index (κ1) is 20.7. The molecule has 1 aliphatic heterocycles. The van der Waals surface area contributed by atoms with Gasteiger partial charge in [0.15, 0.2) is 5.82 Å². The van der Waals surface area contributed by atoms with E-state index in [9.17, 15) is 4.79 Å². The molecule has 1 aliphatic carbocycles. The quantitative estimate of drug-likeness (QED) is 0.576. The fourth-order valence-corrected chi connectivity index (χ4v) is 5.12. The summed E-state index contributed by atoms with van der Waals surface area (Å²) < 4.78 is 0. The van der Waals surface area contributed by atoms with Crippen LogP contribution in [0.15, 0.2) is 35.8 Å². The number of aromatic nitrogens is 3. The van der Waals surface area contributed by atoms with Gasteiger partial charge in [0.1, 0.15) is 5.69 Å². The van der Waals surface area contributed by atoms with Crippen LogP contribution in [0.1, 0.15) is 37.6 Å². The van der Waals surface area contributed by atoms with Crippen molar-refractivity contribution in [3.05, 3.63) is 40.8 Å². The van der Waals surface area contributed by atoms with Crippen LogP contribution < -0.4 is 15.2 Å². The minimum Gasteiger partial charge on any atom is -0.324 e. The van der Waals surface area contributed by atoms with Crippen LogP contribution in [-0.4, -0.2) is 45.6 Å². The predicted octanol–water partition coefficient (Wildman–Crippen LogP) is 5.21. The maximum Gasteiger partial charge on any atom is 0.343 e. The van der Waals surface area contributed by atoms with Crippen LogP contribution in [0.2, 0.25) is 0 Å². The van der Waals surface area contributed by atoms with Gasteiger partial charge in [0.25, 0.3) is 0 Å². The lowest BCUT2D eigenvalue weighted by Crippen LogP contribution is -2.59. The maximum absolute atomic E-state index is 13.0. The Hall–Kier alpha value is -3.20. The molecule has 0 unspecified atom stereocenters. The summed E-state index contributed by atoms with van der Waals surface area (Å²) in [6.07, 6.45) is 6.23. The Balaban J connectivity index is 1.49. The fraction of sp³-hybridized carbons (Fsp3) is 0.391. The van der Waals surface area contributed by atoms with Gasteiger partial charge in [-0.1, -0.05) is 25.0 Å². The number of aryl methyl sites for hydroxylation is 1. The Labute approximate surface area is 191 Å². The lowest BCUT2D eigenvalue weighted by Gasteiger charge is -2.45. The van der Waals surface area contributed by atoms with Gasteiger partial charge in [-0.3, -0.25) is 9.91 Å². The highest BCUT2D eigenvalue weighted by atomic mass is 32.1. The molecule has 32 heavy (non-hydrogen) atoms. The van der Waals surface area contributed by atoms with Crippen LogP contribution in [0, 0.1) is 6.92 Å². The van der Waals surface area contributed by atoms with Gasteiger partial charge >= 0.3 is 6.03 Å². The summed E-state index contributed by atoms with van der Waals surface area (Å²) in [5, 5.41) is 10.4. The van der Waals surface area contributed by atoms with Gasteiger partial charge in [-0.25, -0.2) is 19.8 Å². The molecule has 1 aromatic carbocycles. The molecule has 0 spiro atoms. The molecule has 1 N–H and O–H groups in total. The number of anilines is 4. The Morgan fingerprint density at radius 3 is 2.75 bits per heavy atom. The van der Waals surface area contributed by atoms with Gasteiger partial charge in [0, 0.05) is 30.2 Å². The summed E-state index contributed by atoms with van der Waals surface area (Å²) in [5.41, 5.74) is 3.65. The number of amides is 2. The van der Waals surface area contributed by atoms with Crippen LogP contribution in [0.5, 0.6) is 0 Å². The van der Waals surface area contributed by atoms with E-state index in [0.29, 0.717) is 12.5 Å². The molecule has 0 atom stereocenters. The number of nitrogens with zero attached hydrogens (tertiary/aromatic N) is 6. The van der Waals surface area contributed by atoms with Crippen LogP contribution in [0.25, 0.3) is 11.3 Å². The van der Waals surface area contributed by atoms with Gasteiger partial charge < -0.3 is 5.32 Å². The van der Waals surface area contributed by atoms with Gasteiger partial charge in [-0.2, -0.15) is 4.98 Å². The number of fused-ring (bicyclic) bond motifs is 1. The molecular formula is C23H27N7OS. The summed E-state index contributed by atoms with van der Waals surface area (Å²) in [4.78, 5) is 28.6. The van der Waals surface area contributed by atoms with E-state index in [0.717, 1.165) is 46.3 Å². The lowest BCUT2D eigenvalue weighted by atomic mass is 10.1. The minimum absolute atomic E-state index is 0.0394. The van der Waals surface area contributed by atoms with E-state index in [4.69, 9.17) is 4.98 Å². The maximum atomic E-state index is 13.0. The molecule has 0 saturated heterocycles. The van der Waals surface area contributed by atoms with Crippen molar-refractivity contribution in [1.82, 2.24) is 20.0 Å². The van der Waals surface area contributed by atoms with E-state index >= 15 is 0 Å². The van der Waals surface area contributed by atoms with Crippen molar-refractivity contribution in [1.29, 1.82) is 0 Å². The first-order valence-electron chi connectivity index (χ1n) is 11.1. The minimum atomic E-state index is -0.0394. The molecule has 2 aromatic heterocycles. The van der Waals surface area contributed by atoms with E-state index in [2.05, 4.69) is 37.8 Å². The predicted molar refractivity (Wildman–Crippen MR) is 129 cm³/mol. The molecule has 1 fully saturated rings. The lowest BCUT2D eigenvalue weighted by molar-refractivity contribution is 0.191. The fourth-order valence-electron chi connectivity index (χ4n) is 4.50. The highest BCUT2D eigenvalue weighted by molar-refractivity contribution is 7.09. The van der Waals surface area contributed by atoms with E-state index in [-0.39, 0.29) is 12.1 Å². The summed E-state index contributed by atoms with van der Waals surface area (Å²) in [6.45, 7) is 4.61. The smallest absolute Gasteiger partial charge is 0.324 e. The molecule has 8 nitrogen and oxygen atoms in total. The number of hydrazine groups is 1. The molecule has 166 valence electrons. The number of carbonyl (C=O) groups is 1. The summed E-state index contributed by atoms with van der Waals surface area (Å²) in [6, 6.07) is 8.34. The van der Waals surface area contributed by atoms with E-state index < -0.39 is 0 Å². The number of nitrogens with one attached hydrogen (secondary N) is 1. The summed E-state index contributed by atoms with van der Waals surface area (Å²) in [7, 11) is 1.78. The largest absolute Gasteiger partial charge is 0.343 e. The number of hydrogen-bond donors (Lipinski definition) is 1. The molecule has 5 rings (SSSR count). The molecule has 3 heterocycles. The van der Waals surface area contributed by atoms with E-state index in [1.807, 2.05) is 26.0 Å². The van der Waals surface area contributed by atoms with E-state index in [1.54, 1.807) is 34.5 Å². The number of rotatable bonds is 5. The Kier molecular flexibility index (Phi) is 5.42. The highest BCUT2D eigenvalue weighted by Gasteiger charge is 2.39. The molecule has 2 aliphatic rings. The van der Waals surface area contributed by atoms with Crippen LogP contribution >= 0.6 is 11.3 Å².